The SMILES string of the molecule is CNc1snc(C)c1C(=O)N(C)Cc1ccco1. The number of furan rings is 1. The molecule has 0 spiro atoms. The summed E-state index contributed by atoms with van der Waals surface area (Å²) in [5.74, 6) is 0.708. The van der Waals surface area contributed by atoms with Crippen molar-refractivity contribution < 1.29 is 9.21 Å². The molecule has 0 radical (unpaired) electrons. The van der Waals surface area contributed by atoms with Gasteiger partial charge in [-0.05, 0) is 30.6 Å². The summed E-state index contributed by atoms with van der Waals surface area (Å²) in [6, 6.07) is 3.66. The molecule has 1 N–H and O–H groups in total. The van der Waals surface area contributed by atoms with Crippen molar-refractivity contribution in [3.05, 3.63) is 35.4 Å². The minimum absolute atomic E-state index is 0.0537. The van der Waals surface area contributed by atoms with Gasteiger partial charge in [0, 0.05) is 14.1 Å². The fourth-order valence-electron chi connectivity index (χ4n) is 1.69. The van der Waals surface area contributed by atoms with Crippen LogP contribution in [0.25, 0.3) is 0 Å². The Labute approximate surface area is 110 Å². The Kier molecular flexibility index (Phi) is 3.66. The zero-order valence-electron chi connectivity index (χ0n) is 10.6. The molecule has 0 fully saturated rings. The maximum Gasteiger partial charge on any atom is 0.258 e. The van der Waals surface area contributed by atoms with Crippen molar-refractivity contribution in [1.29, 1.82) is 0 Å². The van der Waals surface area contributed by atoms with Gasteiger partial charge in [-0.1, -0.05) is 0 Å². The third kappa shape index (κ3) is 2.38. The summed E-state index contributed by atoms with van der Waals surface area (Å²) >= 11 is 1.30. The standard InChI is InChI=1S/C12H15N3O2S/c1-8-10(11(13-2)18-14-8)12(16)15(3)7-9-5-4-6-17-9/h4-6,13H,7H2,1-3H3. The largest absolute Gasteiger partial charge is 0.467 e. The molecular formula is C12H15N3O2S. The topological polar surface area (TPSA) is 58.4 Å². The van der Waals surface area contributed by atoms with Crippen molar-refractivity contribution in [3.63, 3.8) is 0 Å². The smallest absolute Gasteiger partial charge is 0.258 e. The molecule has 0 bridgehead atoms. The first-order valence-corrected chi connectivity index (χ1v) is 6.32. The van der Waals surface area contributed by atoms with Gasteiger partial charge in [-0.15, -0.1) is 0 Å². The second-order valence-corrected chi connectivity index (χ2v) is 4.74. The van der Waals surface area contributed by atoms with E-state index in [1.807, 2.05) is 19.1 Å². The van der Waals surface area contributed by atoms with Crippen molar-refractivity contribution in [2.75, 3.05) is 19.4 Å². The Balaban J connectivity index is 2.17. The molecule has 0 unspecified atom stereocenters. The van der Waals surface area contributed by atoms with E-state index in [1.54, 1.807) is 25.3 Å². The van der Waals surface area contributed by atoms with E-state index in [0.29, 0.717) is 12.1 Å². The first kappa shape index (κ1) is 12.6. The fourth-order valence-corrected chi connectivity index (χ4v) is 2.43. The van der Waals surface area contributed by atoms with Gasteiger partial charge in [-0.2, -0.15) is 4.37 Å². The third-order valence-electron chi connectivity index (χ3n) is 2.62. The normalized spacial score (nSPS) is 10.4. The lowest BCUT2D eigenvalue weighted by Crippen LogP contribution is -2.26. The zero-order chi connectivity index (χ0) is 13.1. The van der Waals surface area contributed by atoms with Gasteiger partial charge in [0.05, 0.1) is 24.1 Å². The van der Waals surface area contributed by atoms with Crippen LogP contribution in [-0.4, -0.2) is 29.3 Å². The fraction of sp³-hybridized carbons (Fsp3) is 0.333. The molecule has 0 saturated carbocycles. The van der Waals surface area contributed by atoms with Gasteiger partial charge in [0.1, 0.15) is 10.8 Å². The first-order chi connectivity index (χ1) is 8.63. The van der Waals surface area contributed by atoms with Crippen LogP contribution in [0.1, 0.15) is 21.8 Å². The highest BCUT2D eigenvalue weighted by Crippen LogP contribution is 2.25. The Morgan fingerprint density at radius 3 is 3.00 bits per heavy atom. The summed E-state index contributed by atoms with van der Waals surface area (Å²) in [6.07, 6.45) is 1.60. The van der Waals surface area contributed by atoms with Crippen LogP contribution in [0.2, 0.25) is 0 Å². The average molecular weight is 265 g/mol. The molecule has 0 atom stereocenters. The number of nitrogens with one attached hydrogen (secondary N) is 1. The summed E-state index contributed by atoms with van der Waals surface area (Å²) in [6.45, 7) is 2.29. The Hall–Kier alpha value is -1.82. The van der Waals surface area contributed by atoms with Crippen molar-refractivity contribution in [2.45, 2.75) is 13.5 Å². The first-order valence-electron chi connectivity index (χ1n) is 5.55. The number of amides is 1. The van der Waals surface area contributed by atoms with Gasteiger partial charge in [-0.25, -0.2) is 0 Å². The molecule has 0 aliphatic heterocycles. The van der Waals surface area contributed by atoms with Crippen molar-refractivity contribution in [2.24, 2.45) is 0 Å². The highest BCUT2D eigenvalue weighted by atomic mass is 32.1. The second kappa shape index (κ2) is 5.22. The van der Waals surface area contributed by atoms with Gasteiger partial charge in [0.2, 0.25) is 0 Å². The van der Waals surface area contributed by atoms with Crippen LogP contribution in [-0.2, 0) is 6.54 Å². The predicted octanol–water partition coefficient (Wildman–Crippen LogP) is 2.36. The molecule has 6 heteroatoms. The summed E-state index contributed by atoms with van der Waals surface area (Å²) < 4.78 is 9.43. The molecule has 2 aromatic heterocycles. The van der Waals surface area contributed by atoms with E-state index in [-0.39, 0.29) is 5.91 Å². The van der Waals surface area contributed by atoms with Crippen molar-refractivity contribution in [3.8, 4) is 0 Å². The molecule has 0 aliphatic rings. The molecule has 96 valence electrons. The van der Waals surface area contributed by atoms with Crippen LogP contribution in [0.5, 0.6) is 0 Å². The van der Waals surface area contributed by atoms with Gasteiger partial charge in [0.15, 0.2) is 0 Å². The van der Waals surface area contributed by atoms with E-state index in [4.69, 9.17) is 4.42 Å². The number of hydrogen-bond donors (Lipinski definition) is 1. The van der Waals surface area contributed by atoms with Crippen molar-refractivity contribution >= 4 is 22.4 Å². The molecule has 2 heterocycles. The van der Waals surface area contributed by atoms with Gasteiger partial charge in [-0.3, -0.25) is 4.79 Å². The van der Waals surface area contributed by atoms with Crippen LogP contribution in [0.3, 0.4) is 0 Å². The Bertz CT molecular complexity index is 534. The summed E-state index contributed by atoms with van der Waals surface area (Å²) in [4.78, 5) is 14.0. The molecule has 0 saturated heterocycles. The minimum Gasteiger partial charge on any atom is -0.467 e. The quantitative estimate of drug-likeness (QED) is 0.922. The number of rotatable bonds is 4. The summed E-state index contributed by atoms with van der Waals surface area (Å²) in [5.41, 5.74) is 1.39. The van der Waals surface area contributed by atoms with Crippen LogP contribution in [0.4, 0.5) is 5.00 Å². The average Bonchev–Trinajstić information content (AvgIpc) is 2.97. The van der Waals surface area contributed by atoms with E-state index < -0.39 is 0 Å². The molecule has 2 rings (SSSR count). The maximum atomic E-state index is 12.3. The third-order valence-corrected chi connectivity index (χ3v) is 3.58. The highest BCUT2D eigenvalue weighted by Gasteiger charge is 2.21. The Morgan fingerprint density at radius 2 is 2.39 bits per heavy atom. The minimum atomic E-state index is -0.0537. The van der Waals surface area contributed by atoms with E-state index in [1.165, 1.54) is 11.5 Å². The molecule has 18 heavy (non-hydrogen) atoms. The number of aromatic nitrogens is 1. The molecular weight excluding hydrogens is 250 g/mol. The molecule has 0 aromatic carbocycles. The van der Waals surface area contributed by atoms with Crippen LogP contribution < -0.4 is 5.32 Å². The van der Waals surface area contributed by atoms with Gasteiger partial charge < -0.3 is 14.6 Å². The lowest BCUT2D eigenvalue weighted by molar-refractivity contribution is 0.0776. The number of hydrogen-bond acceptors (Lipinski definition) is 5. The van der Waals surface area contributed by atoms with E-state index in [0.717, 1.165) is 16.5 Å². The van der Waals surface area contributed by atoms with E-state index in [2.05, 4.69) is 9.69 Å². The van der Waals surface area contributed by atoms with Crippen LogP contribution in [0.15, 0.2) is 22.8 Å². The molecule has 1 amide bonds. The van der Waals surface area contributed by atoms with Crippen LogP contribution in [0, 0.1) is 6.92 Å². The number of nitrogens with zero attached hydrogens (tertiary/aromatic N) is 2. The van der Waals surface area contributed by atoms with Gasteiger partial charge >= 0.3 is 0 Å². The van der Waals surface area contributed by atoms with E-state index >= 15 is 0 Å². The van der Waals surface area contributed by atoms with Crippen molar-refractivity contribution in [1.82, 2.24) is 9.27 Å². The molecule has 2 aromatic rings. The highest BCUT2D eigenvalue weighted by molar-refractivity contribution is 7.10. The molecule has 5 nitrogen and oxygen atoms in total. The lowest BCUT2D eigenvalue weighted by Gasteiger charge is -2.16. The summed E-state index contributed by atoms with van der Waals surface area (Å²) in [5, 5.41) is 3.79. The van der Waals surface area contributed by atoms with Crippen LogP contribution >= 0.6 is 11.5 Å². The van der Waals surface area contributed by atoms with Gasteiger partial charge in [0.25, 0.3) is 5.91 Å². The van der Waals surface area contributed by atoms with E-state index in [9.17, 15) is 4.79 Å². The number of anilines is 1. The monoisotopic (exact) mass is 265 g/mol. The lowest BCUT2D eigenvalue weighted by atomic mass is 10.2. The number of aryl methyl sites for hydroxylation is 1. The molecule has 0 aliphatic carbocycles. The number of carbonyl (C=O) groups is 1. The Morgan fingerprint density at radius 1 is 1.61 bits per heavy atom. The predicted molar refractivity (Wildman–Crippen MR) is 70.9 cm³/mol. The zero-order valence-corrected chi connectivity index (χ0v) is 11.4. The summed E-state index contributed by atoms with van der Waals surface area (Å²) in [7, 11) is 3.54. The maximum absolute atomic E-state index is 12.3. The second-order valence-electron chi connectivity index (χ2n) is 3.96. The number of carbonyl (C=O) groups excluding carboxylic acids is 1.